The molecule has 5 aromatic carbocycles. The molecular formula is C32H24AuP. The molecule has 0 fully saturated rings. The minimum atomic E-state index is -0.446. The van der Waals surface area contributed by atoms with Crippen molar-refractivity contribution < 1.29 is 22.4 Å². The Bertz CT molecular complexity index is 1180. The molecule has 0 heterocycles. The zero-order valence-corrected chi connectivity index (χ0v) is 21.7. The van der Waals surface area contributed by atoms with E-state index in [2.05, 4.69) is 109 Å². The number of hydrogen-bond donors (Lipinski definition) is 0. The summed E-state index contributed by atoms with van der Waals surface area (Å²) in [5, 5.41) is 4.19. The maximum atomic E-state index is 6.97. The Balaban J connectivity index is 0.000000193. The van der Waals surface area contributed by atoms with Crippen LogP contribution >= 0.6 is 7.92 Å². The van der Waals surface area contributed by atoms with E-state index >= 15 is 0 Å². The van der Waals surface area contributed by atoms with Gasteiger partial charge in [-0.05, 0) is 35.0 Å². The molecule has 0 nitrogen and oxygen atoms in total. The van der Waals surface area contributed by atoms with E-state index < -0.39 is 7.92 Å². The zero-order chi connectivity index (χ0) is 22.7. The topological polar surface area (TPSA) is 0 Å². The molecular weight excluding hydrogens is 612 g/mol. The third-order valence-corrected chi connectivity index (χ3v) is 7.62. The molecule has 0 saturated heterocycles. The van der Waals surface area contributed by atoms with E-state index in [1.807, 2.05) is 42.5 Å². The minimum Gasteiger partial charge on any atom is -0.366 e. The van der Waals surface area contributed by atoms with Crippen LogP contribution in [0.5, 0.6) is 0 Å². The number of benzene rings is 5. The Morgan fingerprint density at radius 3 is 1.09 bits per heavy atom. The fourth-order valence-electron chi connectivity index (χ4n) is 3.56. The molecule has 0 aromatic heterocycles. The minimum absolute atomic E-state index is 0. The smallest absolute Gasteiger partial charge is 0.366 e. The van der Waals surface area contributed by atoms with Crippen molar-refractivity contribution in [3.05, 3.63) is 158 Å². The normalized spacial score (nSPS) is 9.76. The van der Waals surface area contributed by atoms with Gasteiger partial charge >= 0.3 is 22.4 Å². The molecule has 0 unspecified atom stereocenters. The molecule has 0 spiro atoms. The molecule has 0 radical (unpaired) electrons. The largest absolute Gasteiger partial charge is 1.00 e. The van der Waals surface area contributed by atoms with Gasteiger partial charge in [-0.15, -0.1) is 17.7 Å². The van der Waals surface area contributed by atoms with Gasteiger partial charge in [0.1, 0.15) is 0 Å². The summed E-state index contributed by atoms with van der Waals surface area (Å²) in [5.74, 6) is 2.36. The SMILES string of the molecule is [Au+].[C-]#Cc1ccc(-c2ccccc2)cc1.c1ccc(P(c2ccccc2)c2ccccc2)cc1. The van der Waals surface area contributed by atoms with E-state index in [1.165, 1.54) is 27.0 Å². The maximum Gasteiger partial charge on any atom is 1.00 e. The van der Waals surface area contributed by atoms with Crippen LogP contribution in [-0.4, -0.2) is 0 Å². The van der Waals surface area contributed by atoms with Crippen LogP contribution in [0.25, 0.3) is 11.1 Å². The van der Waals surface area contributed by atoms with Crippen molar-refractivity contribution in [2.45, 2.75) is 0 Å². The molecule has 0 aliphatic carbocycles. The summed E-state index contributed by atoms with van der Waals surface area (Å²) in [5.41, 5.74) is 3.18. The van der Waals surface area contributed by atoms with Crippen LogP contribution in [0, 0.1) is 12.3 Å². The van der Waals surface area contributed by atoms with Crippen molar-refractivity contribution in [2.75, 3.05) is 0 Å². The van der Waals surface area contributed by atoms with Crippen LogP contribution < -0.4 is 15.9 Å². The van der Waals surface area contributed by atoms with E-state index in [4.69, 9.17) is 6.42 Å². The molecule has 0 bridgehead atoms. The third-order valence-electron chi connectivity index (χ3n) is 5.18. The second-order valence-corrected chi connectivity index (χ2v) is 9.63. The monoisotopic (exact) mass is 636 g/mol. The van der Waals surface area contributed by atoms with Crippen LogP contribution in [0.1, 0.15) is 5.56 Å². The summed E-state index contributed by atoms with van der Waals surface area (Å²) in [6.45, 7) is 0. The Morgan fingerprint density at radius 2 is 0.735 bits per heavy atom. The van der Waals surface area contributed by atoms with Gasteiger partial charge in [-0.3, -0.25) is 5.92 Å². The first kappa shape index (κ1) is 25.5. The van der Waals surface area contributed by atoms with Crippen LogP contribution in [0.15, 0.2) is 146 Å². The van der Waals surface area contributed by atoms with Crippen molar-refractivity contribution >= 4 is 23.8 Å². The van der Waals surface area contributed by atoms with E-state index in [0.717, 1.165) is 5.56 Å². The summed E-state index contributed by atoms with van der Waals surface area (Å²) >= 11 is 0. The molecule has 168 valence electrons. The Hall–Kier alpha value is -3.17. The van der Waals surface area contributed by atoms with Crippen LogP contribution in [0.2, 0.25) is 0 Å². The van der Waals surface area contributed by atoms with Crippen molar-refractivity contribution in [1.82, 2.24) is 0 Å². The van der Waals surface area contributed by atoms with Crippen LogP contribution in [-0.2, 0) is 22.4 Å². The summed E-state index contributed by atoms with van der Waals surface area (Å²) < 4.78 is 0. The quantitative estimate of drug-likeness (QED) is 0.0889. The summed E-state index contributed by atoms with van der Waals surface area (Å²) in [6, 6.07) is 50.3. The van der Waals surface area contributed by atoms with Gasteiger partial charge in [0.15, 0.2) is 0 Å². The average Bonchev–Trinajstić information content (AvgIpc) is 2.92. The van der Waals surface area contributed by atoms with E-state index in [1.54, 1.807) is 0 Å². The predicted molar refractivity (Wildman–Crippen MR) is 143 cm³/mol. The summed E-state index contributed by atoms with van der Waals surface area (Å²) in [4.78, 5) is 0. The second-order valence-electron chi connectivity index (χ2n) is 7.41. The van der Waals surface area contributed by atoms with E-state index in [9.17, 15) is 0 Å². The summed E-state index contributed by atoms with van der Waals surface area (Å²) in [7, 11) is -0.446. The predicted octanol–water partition coefficient (Wildman–Crippen LogP) is 6.73. The molecule has 5 aromatic rings. The Labute approximate surface area is 220 Å². The third kappa shape index (κ3) is 6.91. The van der Waals surface area contributed by atoms with Crippen LogP contribution in [0.4, 0.5) is 0 Å². The Morgan fingerprint density at radius 1 is 0.412 bits per heavy atom. The molecule has 5 rings (SSSR count). The molecule has 34 heavy (non-hydrogen) atoms. The Kier molecular flexibility index (Phi) is 10.1. The molecule has 2 heteroatoms. The van der Waals surface area contributed by atoms with Gasteiger partial charge in [-0.2, -0.15) is 0 Å². The molecule has 0 aliphatic rings. The van der Waals surface area contributed by atoms with E-state index in [0.29, 0.717) is 0 Å². The van der Waals surface area contributed by atoms with Gasteiger partial charge in [-0.1, -0.05) is 133 Å². The van der Waals surface area contributed by atoms with Gasteiger partial charge in [0.05, 0.1) is 0 Å². The van der Waals surface area contributed by atoms with Gasteiger partial charge in [-0.25, -0.2) is 0 Å². The fraction of sp³-hybridized carbons (Fsp3) is 0. The van der Waals surface area contributed by atoms with E-state index in [-0.39, 0.29) is 22.4 Å². The molecule has 0 atom stereocenters. The zero-order valence-electron chi connectivity index (χ0n) is 18.6. The first-order chi connectivity index (χ1) is 16.3. The van der Waals surface area contributed by atoms with Crippen molar-refractivity contribution in [1.29, 1.82) is 0 Å². The van der Waals surface area contributed by atoms with Crippen molar-refractivity contribution in [2.24, 2.45) is 0 Å². The number of hydrogen-bond acceptors (Lipinski definition) is 0. The fourth-order valence-corrected chi connectivity index (χ4v) is 5.86. The van der Waals surface area contributed by atoms with Crippen molar-refractivity contribution in [3.8, 4) is 17.0 Å². The molecule has 0 saturated carbocycles. The van der Waals surface area contributed by atoms with Gasteiger partial charge in [0.2, 0.25) is 0 Å². The average molecular weight is 636 g/mol. The molecule has 0 amide bonds. The maximum absolute atomic E-state index is 6.97. The second kappa shape index (κ2) is 13.5. The van der Waals surface area contributed by atoms with Gasteiger partial charge in [0, 0.05) is 0 Å². The molecule has 0 N–H and O–H groups in total. The van der Waals surface area contributed by atoms with Crippen LogP contribution in [0.3, 0.4) is 0 Å². The first-order valence-electron chi connectivity index (χ1n) is 10.9. The van der Waals surface area contributed by atoms with Gasteiger partial charge < -0.3 is 6.42 Å². The number of rotatable bonds is 4. The molecule has 0 aliphatic heterocycles. The van der Waals surface area contributed by atoms with Gasteiger partial charge in [0.25, 0.3) is 0 Å². The first-order valence-corrected chi connectivity index (χ1v) is 12.2. The standard InChI is InChI=1S/C18H15P.C14H9.Au/c1-4-10-16(11-5-1)19(17-12-6-2-7-13-17)18-14-8-3-9-15-18;1-2-12-8-10-14(11-9-12)13-6-4-3-5-7-13;/h1-15H;3-11H;/q;-1;+1. The van der Waals surface area contributed by atoms with Crippen molar-refractivity contribution in [3.63, 3.8) is 0 Å². The summed E-state index contributed by atoms with van der Waals surface area (Å²) in [6.07, 6.45) is 6.97.